The summed E-state index contributed by atoms with van der Waals surface area (Å²) >= 11 is 1.56. The van der Waals surface area contributed by atoms with Crippen LogP contribution in [0.4, 0.5) is 0 Å². The van der Waals surface area contributed by atoms with Gasteiger partial charge in [-0.2, -0.15) is 0 Å². The first kappa shape index (κ1) is 14.6. The van der Waals surface area contributed by atoms with Crippen molar-refractivity contribution < 1.29 is 4.79 Å². The van der Waals surface area contributed by atoms with Crippen molar-refractivity contribution in [2.24, 2.45) is 0 Å². The summed E-state index contributed by atoms with van der Waals surface area (Å²) in [4.78, 5) is 20.9. The van der Waals surface area contributed by atoms with E-state index < -0.39 is 0 Å². The van der Waals surface area contributed by atoms with Crippen LogP contribution in [-0.4, -0.2) is 20.4 Å². The smallest absolute Gasteiger partial charge is 0.251 e. The molecule has 0 bridgehead atoms. The third-order valence-corrected chi connectivity index (χ3v) is 4.70. The highest BCUT2D eigenvalue weighted by Gasteiger charge is 2.10. The van der Waals surface area contributed by atoms with E-state index in [1.54, 1.807) is 23.7 Å². The summed E-state index contributed by atoms with van der Waals surface area (Å²) in [5.74, 6) is -0.0929. The predicted octanol–water partition coefficient (Wildman–Crippen LogP) is 3.41. The van der Waals surface area contributed by atoms with Gasteiger partial charge >= 0.3 is 0 Å². The van der Waals surface area contributed by atoms with Crippen molar-refractivity contribution in [1.29, 1.82) is 0 Å². The van der Waals surface area contributed by atoms with Gasteiger partial charge in [-0.1, -0.05) is 11.3 Å². The summed E-state index contributed by atoms with van der Waals surface area (Å²) in [5, 5.41) is 3.82. The molecule has 0 aliphatic rings. The number of hydrogen-bond acceptors (Lipinski definition) is 4. The average molecular weight is 334 g/mol. The highest BCUT2D eigenvalue weighted by molar-refractivity contribution is 7.20. The summed E-state index contributed by atoms with van der Waals surface area (Å²) < 4.78 is 2.96. The number of rotatable bonds is 4. The van der Waals surface area contributed by atoms with Gasteiger partial charge < -0.3 is 9.88 Å². The molecule has 0 saturated heterocycles. The predicted molar refractivity (Wildman–Crippen MR) is 94.4 cm³/mol. The molecule has 4 rings (SSSR count). The van der Waals surface area contributed by atoms with Crippen molar-refractivity contribution in [3.63, 3.8) is 0 Å². The molecular formula is C18H14N4OS. The molecule has 0 unspecified atom stereocenters. The monoisotopic (exact) mass is 334 g/mol. The Balaban J connectivity index is 1.55. The van der Waals surface area contributed by atoms with Gasteiger partial charge in [0, 0.05) is 36.9 Å². The fraction of sp³-hybridized carbons (Fsp3) is 0.0556. The number of carbonyl (C=O) groups excluding carboxylic acids is 1. The van der Waals surface area contributed by atoms with Gasteiger partial charge in [-0.3, -0.25) is 9.78 Å². The summed E-state index contributed by atoms with van der Waals surface area (Å²) in [5.41, 5.74) is 2.56. The lowest BCUT2D eigenvalue weighted by Gasteiger charge is -2.05. The number of amides is 1. The number of nitrogens with zero attached hydrogens (tertiary/aromatic N) is 3. The second-order valence-corrected chi connectivity index (χ2v) is 6.32. The molecule has 1 N–H and O–H groups in total. The third-order valence-electron chi connectivity index (χ3n) is 3.67. The molecule has 0 fully saturated rings. The fourth-order valence-electron chi connectivity index (χ4n) is 2.41. The first-order chi connectivity index (χ1) is 11.8. The van der Waals surface area contributed by atoms with E-state index in [-0.39, 0.29) is 5.91 Å². The van der Waals surface area contributed by atoms with Crippen molar-refractivity contribution in [2.75, 3.05) is 0 Å². The Labute approximate surface area is 142 Å². The highest BCUT2D eigenvalue weighted by atomic mass is 32.1. The molecule has 3 aromatic heterocycles. The molecule has 0 aliphatic heterocycles. The molecule has 0 saturated carbocycles. The maximum atomic E-state index is 12.3. The fourth-order valence-corrected chi connectivity index (χ4v) is 3.38. The summed E-state index contributed by atoms with van der Waals surface area (Å²) in [6.07, 6.45) is 7.35. The molecule has 3 heterocycles. The average Bonchev–Trinajstić information content (AvgIpc) is 3.28. The minimum absolute atomic E-state index is 0.0929. The Bertz CT molecular complexity index is 977. The molecule has 1 aromatic carbocycles. The Morgan fingerprint density at radius 2 is 1.92 bits per heavy atom. The number of aromatic nitrogens is 3. The number of benzene rings is 1. The number of carbonyl (C=O) groups is 1. The van der Waals surface area contributed by atoms with Crippen LogP contribution in [0, 0.1) is 0 Å². The Morgan fingerprint density at radius 3 is 2.71 bits per heavy atom. The second kappa shape index (κ2) is 6.25. The number of thiazole rings is 1. The van der Waals surface area contributed by atoms with Gasteiger partial charge in [0.2, 0.25) is 0 Å². The molecule has 0 radical (unpaired) electrons. The van der Waals surface area contributed by atoms with E-state index in [2.05, 4.69) is 15.3 Å². The number of nitrogens with one attached hydrogen (secondary N) is 1. The molecule has 118 valence electrons. The van der Waals surface area contributed by atoms with Crippen molar-refractivity contribution >= 4 is 27.5 Å². The van der Waals surface area contributed by atoms with Crippen LogP contribution in [0.5, 0.6) is 0 Å². The summed E-state index contributed by atoms with van der Waals surface area (Å²) in [7, 11) is 0. The van der Waals surface area contributed by atoms with Crippen molar-refractivity contribution in [3.8, 4) is 5.13 Å². The molecule has 1 amide bonds. The van der Waals surface area contributed by atoms with Gasteiger partial charge in [0.25, 0.3) is 5.91 Å². The molecule has 24 heavy (non-hydrogen) atoms. The SMILES string of the molecule is O=C(NCc1ccncc1)c1ccc2nc(-n3cccc3)sc2c1. The molecule has 5 nitrogen and oxygen atoms in total. The first-order valence-electron chi connectivity index (χ1n) is 7.51. The molecule has 0 spiro atoms. The minimum Gasteiger partial charge on any atom is -0.348 e. The topological polar surface area (TPSA) is 59.8 Å². The van der Waals surface area contributed by atoms with Gasteiger partial charge in [0.15, 0.2) is 5.13 Å². The molecular weight excluding hydrogens is 320 g/mol. The van der Waals surface area contributed by atoms with Gasteiger partial charge in [-0.05, 0) is 48.0 Å². The lowest BCUT2D eigenvalue weighted by atomic mass is 10.2. The number of fused-ring (bicyclic) bond motifs is 1. The van der Waals surface area contributed by atoms with Crippen molar-refractivity contribution in [2.45, 2.75) is 6.54 Å². The maximum absolute atomic E-state index is 12.3. The van der Waals surface area contributed by atoms with Gasteiger partial charge in [-0.15, -0.1) is 0 Å². The minimum atomic E-state index is -0.0929. The Hall–Kier alpha value is -2.99. The van der Waals surface area contributed by atoms with Crippen LogP contribution >= 0.6 is 11.3 Å². The van der Waals surface area contributed by atoms with Crippen LogP contribution in [0.3, 0.4) is 0 Å². The summed E-state index contributed by atoms with van der Waals surface area (Å²) in [6, 6.07) is 13.3. The summed E-state index contributed by atoms with van der Waals surface area (Å²) in [6.45, 7) is 0.483. The zero-order valence-electron chi connectivity index (χ0n) is 12.7. The van der Waals surface area contributed by atoms with E-state index in [0.29, 0.717) is 12.1 Å². The van der Waals surface area contributed by atoms with Gasteiger partial charge in [0.05, 0.1) is 10.2 Å². The second-order valence-electron chi connectivity index (χ2n) is 5.31. The molecule has 4 aromatic rings. The Morgan fingerprint density at radius 1 is 1.12 bits per heavy atom. The van der Waals surface area contributed by atoms with E-state index in [9.17, 15) is 4.79 Å². The van der Waals surface area contributed by atoms with E-state index in [0.717, 1.165) is 20.9 Å². The zero-order valence-corrected chi connectivity index (χ0v) is 13.5. The largest absolute Gasteiger partial charge is 0.348 e. The van der Waals surface area contributed by atoms with Crippen LogP contribution in [0.25, 0.3) is 15.3 Å². The van der Waals surface area contributed by atoms with Crippen LogP contribution in [0.1, 0.15) is 15.9 Å². The van der Waals surface area contributed by atoms with Crippen LogP contribution in [0.15, 0.2) is 67.3 Å². The Kier molecular flexibility index (Phi) is 3.80. The number of pyridine rings is 1. The number of hydrogen-bond donors (Lipinski definition) is 1. The standard InChI is InChI=1S/C18H14N4OS/c23-17(20-12-13-5-7-19-8-6-13)14-3-4-15-16(11-14)24-18(21-15)22-9-1-2-10-22/h1-11H,12H2,(H,20,23). The van der Waals surface area contributed by atoms with Crippen LogP contribution in [-0.2, 0) is 6.54 Å². The molecule has 6 heteroatoms. The quantitative estimate of drug-likeness (QED) is 0.622. The lowest BCUT2D eigenvalue weighted by molar-refractivity contribution is 0.0951. The van der Waals surface area contributed by atoms with Crippen molar-refractivity contribution in [1.82, 2.24) is 19.9 Å². The van der Waals surface area contributed by atoms with Gasteiger partial charge in [0.1, 0.15) is 0 Å². The van der Waals surface area contributed by atoms with E-state index >= 15 is 0 Å². The van der Waals surface area contributed by atoms with E-state index in [1.165, 1.54) is 0 Å². The first-order valence-corrected chi connectivity index (χ1v) is 8.32. The van der Waals surface area contributed by atoms with Gasteiger partial charge in [-0.25, -0.2) is 4.98 Å². The zero-order chi connectivity index (χ0) is 16.4. The van der Waals surface area contributed by atoms with E-state index in [4.69, 9.17) is 0 Å². The third kappa shape index (κ3) is 2.91. The molecule has 0 aliphatic carbocycles. The van der Waals surface area contributed by atoms with E-state index in [1.807, 2.05) is 59.4 Å². The normalized spacial score (nSPS) is 10.8. The van der Waals surface area contributed by atoms with Crippen molar-refractivity contribution in [3.05, 3.63) is 78.4 Å². The highest BCUT2D eigenvalue weighted by Crippen LogP contribution is 2.26. The maximum Gasteiger partial charge on any atom is 0.251 e. The van der Waals surface area contributed by atoms with Crippen LogP contribution < -0.4 is 5.32 Å². The molecule has 0 atom stereocenters. The lowest BCUT2D eigenvalue weighted by Crippen LogP contribution is -2.22. The van der Waals surface area contributed by atoms with Crippen LogP contribution in [0.2, 0.25) is 0 Å².